The second kappa shape index (κ2) is 8.62. The van der Waals surface area contributed by atoms with Gasteiger partial charge in [-0.15, -0.1) is 0 Å². The second-order valence-corrected chi connectivity index (χ2v) is 7.10. The molecule has 144 valence electrons. The van der Waals surface area contributed by atoms with Crippen molar-refractivity contribution in [2.45, 2.75) is 16.6 Å². The first-order chi connectivity index (χ1) is 13.3. The van der Waals surface area contributed by atoms with Crippen LogP contribution >= 0.6 is 23.4 Å². The van der Waals surface area contributed by atoms with Gasteiger partial charge in [-0.05, 0) is 29.8 Å². The Labute approximate surface area is 168 Å². The highest BCUT2D eigenvalue weighted by atomic mass is 35.5. The molecule has 3 rings (SSSR count). The van der Waals surface area contributed by atoms with Crippen LogP contribution in [0.1, 0.15) is 16.4 Å². The van der Waals surface area contributed by atoms with Gasteiger partial charge in [-0.25, -0.2) is 9.97 Å². The van der Waals surface area contributed by atoms with E-state index >= 15 is 0 Å². The topological polar surface area (TPSA) is 54.9 Å². The quantitative estimate of drug-likeness (QED) is 0.427. The maximum atomic E-state index is 13.1. The maximum Gasteiger partial charge on any atom is 0.417 e. The van der Waals surface area contributed by atoms with E-state index < -0.39 is 27.9 Å². The standard InChI is InChI=1S/C19H13ClF3N3OS/c20-15-8-7-13(11-14(15)19(21,22)23)26-17(27)16(12-5-2-1-3-6-12)28-18-24-9-4-10-25-18/h1-11,16H,(H,26,27)/t16-/m1/s1. The van der Waals surface area contributed by atoms with Crippen LogP contribution in [0.4, 0.5) is 18.9 Å². The number of hydrogen-bond acceptors (Lipinski definition) is 4. The number of amides is 1. The van der Waals surface area contributed by atoms with Gasteiger partial charge in [0.05, 0.1) is 10.6 Å². The molecule has 0 fully saturated rings. The molecule has 0 unspecified atom stereocenters. The van der Waals surface area contributed by atoms with E-state index in [1.165, 1.54) is 6.07 Å². The van der Waals surface area contributed by atoms with Gasteiger partial charge in [0, 0.05) is 18.1 Å². The van der Waals surface area contributed by atoms with E-state index in [-0.39, 0.29) is 5.69 Å². The molecule has 3 aromatic rings. The van der Waals surface area contributed by atoms with Crippen molar-refractivity contribution in [2.75, 3.05) is 5.32 Å². The zero-order valence-corrected chi connectivity index (χ0v) is 15.7. The molecule has 1 amide bonds. The molecule has 4 nitrogen and oxygen atoms in total. The number of carbonyl (C=O) groups excluding carboxylic acids is 1. The molecule has 9 heteroatoms. The van der Waals surface area contributed by atoms with E-state index in [0.29, 0.717) is 10.7 Å². The van der Waals surface area contributed by atoms with Gasteiger partial charge < -0.3 is 5.32 Å². The van der Waals surface area contributed by atoms with Gasteiger partial charge in [-0.3, -0.25) is 4.79 Å². The number of rotatable bonds is 5. The number of hydrogen-bond donors (Lipinski definition) is 1. The summed E-state index contributed by atoms with van der Waals surface area (Å²) in [5, 5.41) is 1.71. The van der Waals surface area contributed by atoms with Crippen LogP contribution in [0.2, 0.25) is 5.02 Å². The van der Waals surface area contributed by atoms with Gasteiger partial charge in [0.1, 0.15) is 5.25 Å². The number of halogens is 4. The van der Waals surface area contributed by atoms with Crippen LogP contribution in [0.5, 0.6) is 0 Å². The summed E-state index contributed by atoms with van der Waals surface area (Å²) in [7, 11) is 0. The third kappa shape index (κ3) is 5.02. The SMILES string of the molecule is O=C(Nc1ccc(Cl)c(C(F)(F)F)c1)[C@H](Sc1ncccn1)c1ccccc1. The summed E-state index contributed by atoms with van der Waals surface area (Å²) in [6, 6.07) is 13.7. The molecule has 0 bridgehead atoms. The van der Waals surface area contributed by atoms with E-state index in [2.05, 4.69) is 15.3 Å². The van der Waals surface area contributed by atoms with Crippen LogP contribution in [0.25, 0.3) is 0 Å². The normalized spacial score (nSPS) is 12.4. The van der Waals surface area contributed by atoms with E-state index in [4.69, 9.17) is 11.6 Å². The maximum absolute atomic E-state index is 13.1. The molecule has 0 aliphatic rings. The fraction of sp³-hybridized carbons (Fsp3) is 0.105. The van der Waals surface area contributed by atoms with E-state index in [1.807, 2.05) is 0 Å². The lowest BCUT2D eigenvalue weighted by atomic mass is 10.1. The van der Waals surface area contributed by atoms with Crippen molar-refractivity contribution in [1.29, 1.82) is 0 Å². The Bertz CT molecular complexity index is 956. The average molecular weight is 424 g/mol. The Morgan fingerprint density at radius 2 is 1.71 bits per heavy atom. The Morgan fingerprint density at radius 3 is 2.36 bits per heavy atom. The van der Waals surface area contributed by atoms with E-state index in [9.17, 15) is 18.0 Å². The van der Waals surface area contributed by atoms with Crippen LogP contribution in [-0.2, 0) is 11.0 Å². The molecule has 1 N–H and O–H groups in total. The van der Waals surface area contributed by atoms with Gasteiger partial charge in [0.15, 0.2) is 5.16 Å². The summed E-state index contributed by atoms with van der Waals surface area (Å²) in [5.74, 6) is -0.501. The summed E-state index contributed by atoms with van der Waals surface area (Å²) < 4.78 is 39.2. The minimum atomic E-state index is -4.62. The number of nitrogens with zero attached hydrogens (tertiary/aromatic N) is 2. The van der Waals surface area contributed by atoms with Gasteiger partial charge >= 0.3 is 6.18 Å². The molecule has 0 aliphatic carbocycles. The highest BCUT2D eigenvalue weighted by molar-refractivity contribution is 8.00. The number of thioether (sulfide) groups is 1. The monoisotopic (exact) mass is 423 g/mol. The van der Waals surface area contributed by atoms with Crippen LogP contribution in [0.3, 0.4) is 0 Å². The predicted octanol–water partition coefficient (Wildman–Crippen LogP) is 5.62. The van der Waals surface area contributed by atoms with Crippen LogP contribution in [-0.4, -0.2) is 15.9 Å². The summed E-state index contributed by atoms with van der Waals surface area (Å²) in [5.41, 5.74) is -0.345. The molecule has 1 atom stereocenters. The molecule has 2 aromatic carbocycles. The Hall–Kier alpha value is -2.58. The fourth-order valence-electron chi connectivity index (χ4n) is 2.38. The van der Waals surface area contributed by atoms with E-state index in [0.717, 1.165) is 23.9 Å². The molecular weight excluding hydrogens is 411 g/mol. The van der Waals surface area contributed by atoms with Crippen molar-refractivity contribution >= 4 is 35.0 Å². The summed E-state index contributed by atoms with van der Waals surface area (Å²) in [4.78, 5) is 21.1. The molecule has 0 saturated carbocycles. The summed E-state index contributed by atoms with van der Waals surface area (Å²) in [6.07, 6.45) is -1.53. The first kappa shape index (κ1) is 20.2. The lowest BCUT2D eigenvalue weighted by Crippen LogP contribution is -2.20. The Kier molecular flexibility index (Phi) is 6.21. The van der Waals surface area contributed by atoms with Crippen molar-refractivity contribution in [1.82, 2.24) is 9.97 Å². The molecule has 0 aliphatic heterocycles. The first-order valence-corrected chi connectivity index (χ1v) is 9.26. The van der Waals surface area contributed by atoms with Gasteiger partial charge in [-0.2, -0.15) is 13.2 Å². The van der Waals surface area contributed by atoms with Crippen LogP contribution in [0.15, 0.2) is 72.1 Å². The lowest BCUT2D eigenvalue weighted by molar-refractivity contribution is -0.137. The van der Waals surface area contributed by atoms with Crippen molar-refractivity contribution in [3.8, 4) is 0 Å². The molecule has 0 spiro atoms. The third-order valence-corrected chi connectivity index (χ3v) is 5.12. The Morgan fingerprint density at radius 1 is 1.04 bits per heavy atom. The minimum Gasteiger partial charge on any atom is -0.325 e. The van der Waals surface area contributed by atoms with Gasteiger partial charge in [0.2, 0.25) is 5.91 Å². The number of alkyl halides is 3. The predicted molar refractivity (Wildman–Crippen MR) is 102 cm³/mol. The minimum absolute atomic E-state index is 0.00256. The lowest BCUT2D eigenvalue weighted by Gasteiger charge is -2.17. The smallest absolute Gasteiger partial charge is 0.325 e. The fourth-order valence-corrected chi connectivity index (χ4v) is 3.52. The average Bonchev–Trinajstić information content (AvgIpc) is 2.68. The zero-order chi connectivity index (χ0) is 20.1. The number of aromatic nitrogens is 2. The molecule has 1 aromatic heterocycles. The van der Waals surface area contributed by atoms with E-state index in [1.54, 1.807) is 48.8 Å². The second-order valence-electron chi connectivity index (χ2n) is 5.62. The summed E-state index contributed by atoms with van der Waals surface area (Å²) in [6.45, 7) is 0. The third-order valence-electron chi connectivity index (χ3n) is 3.65. The summed E-state index contributed by atoms with van der Waals surface area (Å²) >= 11 is 6.73. The molecule has 28 heavy (non-hydrogen) atoms. The number of nitrogens with one attached hydrogen (secondary N) is 1. The van der Waals surface area contributed by atoms with Crippen LogP contribution in [0, 0.1) is 0 Å². The zero-order valence-electron chi connectivity index (χ0n) is 14.2. The molecular formula is C19H13ClF3N3OS. The van der Waals surface area contributed by atoms with Crippen molar-refractivity contribution in [3.63, 3.8) is 0 Å². The molecule has 0 saturated heterocycles. The highest BCUT2D eigenvalue weighted by Gasteiger charge is 2.33. The van der Waals surface area contributed by atoms with Crippen molar-refractivity contribution in [2.24, 2.45) is 0 Å². The largest absolute Gasteiger partial charge is 0.417 e. The van der Waals surface area contributed by atoms with Gasteiger partial charge in [0.25, 0.3) is 0 Å². The van der Waals surface area contributed by atoms with Crippen LogP contribution < -0.4 is 5.32 Å². The van der Waals surface area contributed by atoms with Crippen molar-refractivity contribution < 1.29 is 18.0 Å². The number of carbonyl (C=O) groups is 1. The first-order valence-electron chi connectivity index (χ1n) is 8.01. The number of anilines is 1. The number of benzene rings is 2. The molecule has 0 radical (unpaired) electrons. The molecule has 1 heterocycles. The highest BCUT2D eigenvalue weighted by Crippen LogP contribution is 2.37. The Balaban J connectivity index is 1.88. The van der Waals surface area contributed by atoms with Crippen molar-refractivity contribution in [3.05, 3.63) is 83.1 Å². The van der Waals surface area contributed by atoms with Gasteiger partial charge in [-0.1, -0.05) is 53.7 Å².